The third-order valence-corrected chi connectivity index (χ3v) is 2.56. The molecule has 12 heavy (non-hydrogen) atoms. The van der Waals surface area contributed by atoms with Crippen LogP contribution in [0.4, 0.5) is 0 Å². The van der Waals surface area contributed by atoms with Gasteiger partial charge in [0.25, 0.3) is 5.24 Å². The Labute approximate surface area is 77.6 Å². The number of rotatable bonds is 1. The number of nitrogens with zero attached hydrogens (tertiary/aromatic N) is 2. The molecule has 2 aromatic heterocycles. The lowest BCUT2D eigenvalue weighted by atomic mass is 10.4. The zero-order chi connectivity index (χ0) is 8.72. The maximum absolute atomic E-state index is 10.9. The van der Waals surface area contributed by atoms with Gasteiger partial charge in [0.05, 0.1) is 5.69 Å². The lowest BCUT2D eigenvalue weighted by Gasteiger charge is -1.90. The van der Waals surface area contributed by atoms with Gasteiger partial charge >= 0.3 is 0 Å². The van der Waals surface area contributed by atoms with Gasteiger partial charge in [0.2, 0.25) is 0 Å². The van der Waals surface area contributed by atoms with Crippen molar-refractivity contribution in [1.82, 2.24) is 9.38 Å². The van der Waals surface area contributed by atoms with Gasteiger partial charge in [-0.15, -0.1) is 11.3 Å². The van der Waals surface area contributed by atoms with E-state index in [9.17, 15) is 4.79 Å². The number of halogens is 1. The van der Waals surface area contributed by atoms with E-state index in [2.05, 4.69) is 4.98 Å². The predicted molar refractivity (Wildman–Crippen MR) is 48.0 cm³/mol. The lowest BCUT2D eigenvalue weighted by Crippen LogP contribution is -1.95. The molecule has 0 unspecified atom stereocenters. The van der Waals surface area contributed by atoms with Crippen molar-refractivity contribution in [3.05, 3.63) is 23.0 Å². The summed E-state index contributed by atoms with van der Waals surface area (Å²) in [6.07, 6.45) is 1.79. The highest BCUT2D eigenvalue weighted by Crippen LogP contribution is 2.17. The second-order valence-electron chi connectivity index (χ2n) is 2.38. The molecule has 0 aliphatic rings. The van der Waals surface area contributed by atoms with E-state index in [0.29, 0.717) is 11.4 Å². The minimum Gasteiger partial charge on any atom is -0.286 e. The van der Waals surface area contributed by atoms with Crippen molar-refractivity contribution in [2.24, 2.45) is 0 Å². The Kier molecular flexibility index (Phi) is 1.66. The molecule has 0 saturated heterocycles. The summed E-state index contributed by atoms with van der Waals surface area (Å²) in [5, 5.41) is 1.41. The molecule has 3 nitrogen and oxygen atoms in total. The van der Waals surface area contributed by atoms with E-state index >= 15 is 0 Å². The number of hydrogen-bond donors (Lipinski definition) is 0. The highest BCUT2D eigenvalue weighted by Gasteiger charge is 2.14. The number of carbonyl (C=O) groups excluding carboxylic acids is 1. The van der Waals surface area contributed by atoms with Gasteiger partial charge in [0.1, 0.15) is 5.69 Å². The molecule has 62 valence electrons. The Morgan fingerprint density at radius 1 is 1.75 bits per heavy atom. The van der Waals surface area contributed by atoms with Gasteiger partial charge in [-0.05, 0) is 18.5 Å². The van der Waals surface area contributed by atoms with Crippen molar-refractivity contribution in [2.75, 3.05) is 0 Å². The zero-order valence-corrected chi connectivity index (χ0v) is 7.82. The van der Waals surface area contributed by atoms with Gasteiger partial charge in [-0.3, -0.25) is 9.20 Å². The average Bonchev–Trinajstić information content (AvgIpc) is 2.44. The number of thiazole rings is 1. The molecule has 0 amide bonds. The monoisotopic (exact) mass is 200 g/mol. The molecule has 0 bridgehead atoms. The van der Waals surface area contributed by atoms with E-state index in [1.807, 2.05) is 5.38 Å². The van der Waals surface area contributed by atoms with Gasteiger partial charge < -0.3 is 0 Å². The van der Waals surface area contributed by atoms with Gasteiger partial charge in [-0.1, -0.05) is 0 Å². The number of imidazole rings is 1. The standard InChI is InChI=1S/C7H5ClN2OS/c1-4-5(6(8)11)10-2-3-12-7(10)9-4/h2-3H,1H3. The highest BCUT2D eigenvalue weighted by atomic mass is 35.5. The van der Waals surface area contributed by atoms with Crippen LogP contribution in [0.5, 0.6) is 0 Å². The summed E-state index contributed by atoms with van der Waals surface area (Å²) in [5.74, 6) is 0. The molecule has 0 spiro atoms. The van der Waals surface area contributed by atoms with Gasteiger partial charge in [0, 0.05) is 11.6 Å². The maximum atomic E-state index is 10.9. The molecule has 0 aromatic carbocycles. The molecule has 0 radical (unpaired) electrons. The molecule has 0 aliphatic heterocycles. The normalized spacial score (nSPS) is 10.8. The molecule has 0 aliphatic carbocycles. The molecular weight excluding hydrogens is 196 g/mol. The van der Waals surface area contributed by atoms with Crippen molar-refractivity contribution in [1.29, 1.82) is 0 Å². The molecule has 2 heterocycles. The van der Waals surface area contributed by atoms with Crippen LogP contribution in [0.25, 0.3) is 4.96 Å². The van der Waals surface area contributed by atoms with E-state index in [0.717, 1.165) is 4.96 Å². The summed E-state index contributed by atoms with van der Waals surface area (Å²) < 4.78 is 1.70. The minimum absolute atomic E-state index is 0.460. The van der Waals surface area contributed by atoms with Crippen LogP contribution in [0.1, 0.15) is 16.2 Å². The first-order valence-corrected chi connectivity index (χ1v) is 4.58. The maximum Gasteiger partial charge on any atom is 0.271 e. The van der Waals surface area contributed by atoms with Gasteiger partial charge in [0.15, 0.2) is 4.96 Å². The Hall–Kier alpha value is -0.870. The topological polar surface area (TPSA) is 34.4 Å². The van der Waals surface area contributed by atoms with Crippen LogP contribution in [-0.4, -0.2) is 14.6 Å². The predicted octanol–water partition coefficient (Wildman–Crippen LogP) is 2.08. The van der Waals surface area contributed by atoms with Crippen LogP contribution in [0, 0.1) is 6.92 Å². The SMILES string of the molecule is Cc1nc2sccn2c1C(=O)Cl. The molecule has 2 rings (SSSR count). The second-order valence-corrected chi connectivity index (χ2v) is 3.59. The molecule has 0 atom stereocenters. The fourth-order valence-electron chi connectivity index (χ4n) is 1.13. The van der Waals surface area contributed by atoms with E-state index in [-0.39, 0.29) is 0 Å². The summed E-state index contributed by atoms with van der Waals surface area (Å²) in [7, 11) is 0. The Bertz CT molecular complexity index is 445. The average molecular weight is 201 g/mol. The van der Waals surface area contributed by atoms with Crippen LogP contribution in [0.2, 0.25) is 0 Å². The summed E-state index contributed by atoms with van der Waals surface area (Å²) in [6, 6.07) is 0. The fourth-order valence-corrected chi connectivity index (χ4v) is 2.12. The summed E-state index contributed by atoms with van der Waals surface area (Å²) in [6.45, 7) is 1.77. The second kappa shape index (κ2) is 2.57. The van der Waals surface area contributed by atoms with Crippen LogP contribution in [0.15, 0.2) is 11.6 Å². The van der Waals surface area contributed by atoms with Crippen molar-refractivity contribution >= 4 is 33.1 Å². The highest BCUT2D eigenvalue weighted by molar-refractivity contribution is 7.15. The largest absolute Gasteiger partial charge is 0.286 e. The van der Waals surface area contributed by atoms with Gasteiger partial charge in [-0.25, -0.2) is 4.98 Å². The summed E-state index contributed by atoms with van der Waals surface area (Å²) in [4.78, 5) is 15.9. The number of aryl methyl sites for hydroxylation is 1. The first kappa shape index (κ1) is 7.76. The summed E-state index contributed by atoms with van der Waals surface area (Å²) in [5.41, 5.74) is 1.15. The first-order chi connectivity index (χ1) is 5.70. The van der Waals surface area contributed by atoms with E-state index < -0.39 is 5.24 Å². The van der Waals surface area contributed by atoms with Crippen molar-refractivity contribution in [3.63, 3.8) is 0 Å². The smallest absolute Gasteiger partial charge is 0.271 e. The number of carbonyl (C=O) groups is 1. The third kappa shape index (κ3) is 0.956. The van der Waals surface area contributed by atoms with Crippen LogP contribution >= 0.6 is 22.9 Å². The van der Waals surface area contributed by atoms with Gasteiger partial charge in [-0.2, -0.15) is 0 Å². The molecule has 5 heteroatoms. The molecule has 0 N–H and O–H groups in total. The molecule has 0 saturated carbocycles. The first-order valence-electron chi connectivity index (χ1n) is 3.32. The Morgan fingerprint density at radius 3 is 3.17 bits per heavy atom. The quantitative estimate of drug-likeness (QED) is 0.661. The minimum atomic E-state index is -0.460. The Morgan fingerprint density at radius 2 is 2.50 bits per heavy atom. The summed E-state index contributed by atoms with van der Waals surface area (Å²) >= 11 is 6.87. The van der Waals surface area contributed by atoms with Crippen LogP contribution in [-0.2, 0) is 0 Å². The van der Waals surface area contributed by atoms with Crippen molar-refractivity contribution < 1.29 is 4.79 Å². The van der Waals surface area contributed by atoms with Crippen LogP contribution < -0.4 is 0 Å². The Balaban J connectivity index is 2.84. The van der Waals surface area contributed by atoms with E-state index in [4.69, 9.17) is 11.6 Å². The van der Waals surface area contributed by atoms with E-state index in [1.165, 1.54) is 11.3 Å². The third-order valence-electron chi connectivity index (χ3n) is 1.62. The fraction of sp³-hybridized carbons (Fsp3) is 0.143. The molecule has 2 aromatic rings. The lowest BCUT2D eigenvalue weighted by molar-refractivity contribution is 0.107. The molecular formula is C7H5ClN2OS. The van der Waals surface area contributed by atoms with Crippen molar-refractivity contribution in [3.8, 4) is 0 Å². The van der Waals surface area contributed by atoms with E-state index in [1.54, 1.807) is 17.5 Å². The number of aromatic nitrogens is 2. The zero-order valence-electron chi connectivity index (χ0n) is 6.24. The number of fused-ring (bicyclic) bond motifs is 1. The van der Waals surface area contributed by atoms with Crippen LogP contribution in [0.3, 0.4) is 0 Å². The number of hydrogen-bond acceptors (Lipinski definition) is 3. The van der Waals surface area contributed by atoms with Crippen molar-refractivity contribution in [2.45, 2.75) is 6.92 Å². The molecule has 0 fully saturated rings.